The maximum atomic E-state index is 12.4. The number of non-ortho nitro benzene ring substituents is 1. The predicted octanol–water partition coefficient (Wildman–Crippen LogP) is 1.17. The average Bonchev–Trinajstić information content (AvgIpc) is 2.93. The van der Waals surface area contributed by atoms with Gasteiger partial charge in [-0.25, -0.2) is 8.42 Å². The molecule has 0 saturated heterocycles. The molecule has 0 fully saturated rings. The number of nitrogens with zero attached hydrogens (tertiary/aromatic N) is 2. The number of nitrogens with one attached hydrogen (secondary N) is 2. The molecule has 2 aromatic rings. The summed E-state index contributed by atoms with van der Waals surface area (Å²) in [6, 6.07) is 5.40. The fraction of sp³-hybridized carbons (Fsp3) is 0.214. The van der Waals surface area contributed by atoms with Crippen molar-refractivity contribution in [2.24, 2.45) is 7.05 Å². The van der Waals surface area contributed by atoms with E-state index >= 15 is 0 Å². The number of hydrogen-bond donors (Lipinski definition) is 2. The molecule has 1 amide bonds. The van der Waals surface area contributed by atoms with E-state index in [1.165, 1.54) is 23.6 Å². The Morgan fingerprint density at radius 1 is 1.29 bits per heavy atom. The number of nitro benzene ring substituents is 1. The Hall–Kier alpha value is -2.72. The van der Waals surface area contributed by atoms with Crippen LogP contribution in [-0.2, 0) is 17.1 Å². The molecule has 0 aliphatic carbocycles. The van der Waals surface area contributed by atoms with Crippen molar-refractivity contribution in [3.63, 3.8) is 0 Å². The molecule has 10 heteroatoms. The largest absolute Gasteiger partial charge is 0.347 e. The van der Waals surface area contributed by atoms with Crippen LogP contribution in [0.25, 0.3) is 0 Å². The van der Waals surface area contributed by atoms with E-state index in [0.717, 1.165) is 6.07 Å². The Labute approximate surface area is 138 Å². The summed E-state index contributed by atoms with van der Waals surface area (Å²) in [6.07, 6.45) is 1.64. The molecule has 0 unspecified atom stereocenters. The Balaban J connectivity index is 2.29. The van der Waals surface area contributed by atoms with Gasteiger partial charge in [0.15, 0.2) is 0 Å². The van der Waals surface area contributed by atoms with Crippen LogP contribution >= 0.6 is 0 Å². The Morgan fingerprint density at radius 3 is 2.50 bits per heavy atom. The molecule has 0 spiro atoms. The second kappa shape index (κ2) is 6.42. The Kier molecular flexibility index (Phi) is 4.71. The maximum Gasteiger partial charge on any atom is 0.282 e. The van der Waals surface area contributed by atoms with E-state index in [4.69, 9.17) is 0 Å². The van der Waals surface area contributed by atoms with Crippen LogP contribution in [0, 0.1) is 24.0 Å². The van der Waals surface area contributed by atoms with E-state index in [1.54, 1.807) is 26.2 Å². The quantitative estimate of drug-likeness (QED) is 0.617. The first-order valence-corrected chi connectivity index (χ1v) is 8.31. The fourth-order valence-electron chi connectivity index (χ4n) is 2.12. The van der Waals surface area contributed by atoms with Crippen LogP contribution in [0.1, 0.15) is 21.6 Å². The zero-order valence-electron chi connectivity index (χ0n) is 13.2. The highest BCUT2D eigenvalue weighted by Gasteiger charge is 2.23. The van der Waals surface area contributed by atoms with Gasteiger partial charge < -0.3 is 4.57 Å². The summed E-state index contributed by atoms with van der Waals surface area (Å²) < 4.78 is 26.3. The third-order valence-electron chi connectivity index (χ3n) is 3.58. The summed E-state index contributed by atoms with van der Waals surface area (Å²) in [5.74, 6) is -0.647. The van der Waals surface area contributed by atoms with Crippen molar-refractivity contribution < 1.29 is 18.1 Å². The highest BCUT2D eigenvalue weighted by molar-refractivity contribution is 7.89. The van der Waals surface area contributed by atoms with Crippen LogP contribution in [0.4, 0.5) is 5.69 Å². The van der Waals surface area contributed by atoms with Crippen molar-refractivity contribution in [1.82, 2.24) is 14.8 Å². The fourth-order valence-corrected chi connectivity index (χ4v) is 3.30. The topological polar surface area (TPSA) is 123 Å². The number of sulfonamides is 1. The molecular formula is C14H16N4O5S. The van der Waals surface area contributed by atoms with Crippen molar-refractivity contribution in [3.05, 3.63) is 57.4 Å². The predicted molar refractivity (Wildman–Crippen MR) is 85.8 cm³/mol. The van der Waals surface area contributed by atoms with Gasteiger partial charge >= 0.3 is 0 Å². The number of amides is 1. The minimum Gasteiger partial charge on any atom is -0.347 e. The van der Waals surface area contributed by atoms with E-state index in [2.05, 4.69) is 5.43 Å². The molecule has 2 N–H and O–H groups in total. The number of aromatic nitrogens is 1. The van der Waals surface area contributed by atoms with Crippen molar-refractivity contribution in [1.29, 1.82) is 0 Å². The average molecular weight is 352 g/mol. The molecule has 2 rings (SSSR count). The summed E-state index contributed by atoms with van der Waals surface area (Å²) in [4.78, 5) is 23.9. The minimum absolute atomic E-state index is 0.254. The van der Waals surface area contributed by atoms with E-state index in [0.29, 0.717) is 11.1 Å². The number of benzene rings is 1. The highest BCUT2D eigenvalue weighted by atomic mass is 32.2. The van der Waals surface area contributed by atoms with Crippen molar-refractivity contribution in [2.45, 2.75) is 18.7 Å². The van der Waals surface area contributed by atoms with Gasteiger partial charge in [0, 0.05) is 25.4 Å². The number of hydrazine groups is 1. The lowest BCUT2D eigenvalue weighted by Crippen LogP contribution is -2.42. The molecular weight excluding hydrogens is 336 g/mol. The van der Waals surface area contributed by atoms with Gasteiger partial charge in [0.05, 0.1) is 9.82 Å². The smallest absolute Gasteiger partial charge is 0.282 e. The number of carbonyl (C=O) groups is 1. The van der Waals surface area contributed by atoms with Gasteiger partial charge in [0.1, 0.15) is 5.69 Å². The lowest BCUT2D eigenvalue weighted by molar-refractivity contribution is -0.385. The third kappa shape index (κ3) is 3.44. The molecule has 1 aromatic carbocycles. The molecule has 128 valence electrons. The number of carbonyl (C=O) groups excluding carboxylic acids is 1. The standard InChI is InChI=1S/C14H16N4O5S/c1-9-7-11(18(20)21)8-13(10(9)2)24(22,23)16-15-14(19)12-5-4-6-17(12)3/h4-8,16H,1-3H3,(H,15,19). The molecule has 0 saturated carbocycles. The van der Waals surface area contributed by atoms with Crippen molar-refractivity contribution >= 4 is 21.6 Å². The first kappa shape index (κ1) is 17.6. The number of aryl methyl sites for hydroxylation is 2. The number of hydrogen-bond acceptors (Lipinski definition) is 5. The first-order chi connectivity index (χ1) is 11.1. The third-order valence-corrected chi connectivity index (χ3v) is 4.95. The summed E-state index contributed by atoms with van der Waals surface area (Å²) in [7, 11) is -2.53. The molecule has 1 aromatic heterocycles. The SMILES string of the molecule is Cc1cc([N+](=O)[O-])cc(S(=O)(=O)NNC(=O)c2cccn2C)c1C. The van der Waals surface area contributed by atoms with Gasteiger partial charge in [-0.1, -0.05) is 0 Å². The van der Waals surface area contributed by atoms with Crippen LogP contribution < -0.4 is 10.3 Å². The molecule has 0 aliphatic heterocycles. The lowest BCUT2D eigenvalue weighted by Gasteiger charge is -2.12. The number of nitro groups is 1. The van der Waals surface area contributed by atoms with E-state index < -0.39 is 20.9 Å². The van der Waals surface area contributed by atoms with Gasteiger partial charge in [-0.05, 0) is 37.1 Å². The van der Waals surface area contributed by atoms with Crippen LogP contribution in [0.5, 0.6) is 0 Å². The van der Waals surface area contributed by atoms with Gasteiger partial charge in [0.2, 0.25) is 0 Å². The number of rotatable bonds is 5. The summed E-state index contributed by atoms with van der Waals surface area (Å²) in [6.45, 7) is 3.11. The van der Waals surface area contributed by atoms with Crippen molar-refractivity contribution in [3.8, 4) is 0 Å². The summed E-state index contributed by atoms with van der Waals surface area (Å²) in [5.41, 5.74) is 2.83. The van der Waals surface area contributed by atoms with Gasteiger partial charge in [-0.15, -0.1) is 4.83 Å². The normalized spacial score (nSPS) is 11.3. The van der Waals surface area contributed by atoms with Gasteiger partial charge in [-0.2, -0.15) is 0 Å². The summed E-state index contributed by atoms with van der Waals surface area (Å²) in [5, 5.41) is 10.9. The van der Waals surface area contributed by atoms with Crippen LogP contribution in [0.15, 0.2) is 35.4 Å². The minimum atomic E-state index is -4.16. The molecule has 24 heavy (non-hydrogen) atoms. The molecule has 0 atom stereocenters. The van der Waals surface area contributed by atoms with Gasteiger partial charge in [-0.3, -0.25) is 20.3 Å². The second-order valence-electron chi connectivity index (χ2n) is 5.21. The molecule has 0 bridgehead atoms. The van der Waals surface area contributed by atoms with E-state index in [1.807, 2.05) is 4.83 Å². The zero-order valence-corrected chi connectivity index (χ0v) is 14.0. The molecule has 1 heterocycles. The second-order valence-corrected chi connectivity index (χ2v) is 6.86. The van der Waals surface area contributed by atoms with Crippen LogP contribution in [0.2, 0.25) is 0 Å². The van der Waals surface area contributed by atoms with Crippen LogP contribution in [0.3, 0.4) is 0 Å². The highest BCUT2D eigenvalue weighted by Crippen LogP contribution is 2.24. The van der Waals surface area contributed by atoms with Crippen molar-refractivity contribution in [2.75, 3.05) is 0 Å². The molecule has 0 aliphatic rings. The first-order valence-electron chi connectivity index (χ1n) is 6.82. The maximum absolute atomic E-state index is 12.4. The Bertz CT molecular complexity index is 917. The molecule has 9 nitrogen and oxygen atoms in total. The van der Waals surface area contributed by atoms with E-state index in [-0.39, 0.29) is 16.3 Å². The lowest BCUT2D eigenvalue weighted by atomic mass is 10.1. The van der Waals surface area contributed by atoms with E-state index in [9.17, 15) is 23.3 Å². The van der Waals surface area contributed by atoms with Gasteiger partial charge in [0.25, 0.3) is 21.6 Å². The zero-order chi connectivity index (χ0) is 18.1. The molecule has 0 radical (unpaired) electrons. The Morgan fingerprint density at radius 2 is 1.96 bits per heavy atom. The monoisotopic (exact) mass is 352 g/mol. The van der Waals surface area contributed by atoms with Crippen LogP contribution in [-0.4, -0.2) is 23.8 Å². The summed E-state index contributed by atoms with van der Waals surface area (Å²) >= 11 is 0.